The van der Waals surface area contributed by atoms with Gasteiger partial charge in [-0.1, -0.05) is 144 Å². The molecule has 0 atom stereocenters. The van der Waals surface area contributed by atoms with Gasteiger partial charge < -0.3 is 9.47 Å². The van der Waals surface area contributed by atoms with Gasteiger partial charge in [-0.3, -0.25) is 0 Å². The van der Waals surface area contributed by atoms with Gasteiger partial charge in [0.1, 0.15) is 11.5 Å². The molecule has 0 fully saturated rings. The average Bonchev–Trinajstić information content (AvgIpc) is 3.27. The van der Waals surface area contributed by atoms with Crippen molar-refractivity contribution in [2.24, 2.45) is 0 Å². The predicted molar refractivity (Wildman–Crippen MR) is 241 cm³/mol. The highest BCUT2D eigenvalue weighted by atomic mass is 16.5. The Kier molecular flexibility index (Phi) is 10.8. The maximum Gasteiger partial charge on any atom is 0.135 e. The van der Waals surface area contributed by atoms with Crippen LogP contribution in [0.5, 0.6) is 11.5 Å². The van der Waals surface area contributed by atoms with Crippen LogP contribution >= 0.6 is 0 Å². The molecule has 0 aliphatic heterocycles. The highest BCUT2D eigenvalue weighted by Crippen LogP contribution is 2.52. The second kappa shape index (κ2) is 16.9. The van der Waals surface area contributed by atoms with Crippen LogP contribution in [-0.4, -0.2) is 14.2 Å². The molecule has 2 heteroatoms. The maximum absolute atomic E-state index is 6.50. The lowest BCUT2D eigenvalue weighted by Gasteiger charge is -2.23. The molecule has 0 radical (unpaired) electrons. The van der Waals surface area contributed by atoms with Gasteiger partial charge in [-0.25, -0.2) is 0 Å². The molecule has 0 saturated carbocycles. The van der Waals surface area contributed by atoms with E-state index in [1.165, 1.54) is 11.1 Å². The van der Waals surface area contributed by atoms with E-state index >= 15 is 0 Å². The van der Waals surface area contributed by atoms with Crippen LogP contribution < -0.4 is 9.47 Å². The van der Waals surface area contributed by atoms with Gasteiger partial charge in [0.15, 0.2) is 0 Å². The lowest BCUT2D eigenvalue weighted by Crippen LogP contribution is -2.00. The van der Waals surface area contributed by atoms with Crippen molar-refractivity contribution in [3.8, 4) is 92.2 Å². The van der Waals surface area contributed by atoms with E-state index in [2.05, 4.69) is 158 Å². The number of hydrogen-bond donors (Lipinski definition) is 0. The lowest BCUT2D eigenvalue weighted by molar-refractivity contribution is 0.413. The summed E-state index contributed by atoms with van der Waals surface area (Å²) in [5.41, 5.74) is 11.5. The molecule has 0 spiro atoms. The van der Waals surface area contributed by atoms with Gasteiger partial charge in [-0.2, -0.15) is 0 Å². The summed E-state index contributed by atoms with van der Waals surface area (Å²) in [6.07, 6.45) is 0. The van der Waals surface area contributed by atoms with Crippen molar-refractivity contribution in [3.05, 3.63) is 191 Å². The number of rotatable bonds is 5. The normalized spacial score (nSPS) is 10.2. The average molecular weight is 743 g/mol. The van der Waals surface area contributed by atoms with E-state index in [1.54, 1.807) is 14.2 Å². The van der Waals surface area contributed by atoms with Gasteiger partial charge in [0.05, 0.1) is 14.2 Å². The zero-order chi connectivity index (χ0) is 39.8. The first-order valence-corrected chi connectivity index (χ1v) is 19.1. The van der Waals surface area contributed by atoms with E-state index in [1.807, 2.05) is 60.7 Å². The van der Waals surface area contributed by atoms with Crippen LogP contribution in [0.15, 0.2) is 158 Å². The van der Waals surface area contributed by atoms with Gasteiger partial charge in [0, 0.05) is 55.6 Å². The van der Waals surface area contributed by atoms with Crippen molar-refractivity contribution in [1.82, 2.24) is 0 Å². The molecule has 2 nitrogen and oxygen atoms in total. The minimum Gasteiger partial charge on any atom is -0.495 e. The molecule has 0 aliphatic carbocycles. The smallest absolute Gasteiger partial charge is 0.135 e. The van der Waals surface area contributed by atoms with Gasteiger partial charge in [-0.05, 0) is 108 Å². The Morgan fingerprint density at radius 1 is 0.362 bits per heavy atom. The molecule has 8 aromatic rings. The quantitative estimate of drug-likeness (QED) is 0.164. The van der Waals surface area contributed by atoms with Crippen molar-refractivity contribution in [3.63, 3.8) is 0 Å². The fourth-order valence-corrected chi connectivity index (χ4v) is 7.31. The van der Waals surface area contributed by atoms with Crippen LogP contribution in [0, 0.1) is 61.2 Å². The van der Waals surface area contributed by atoms with Crippen molar-refractivity contribution in [2.75, 3.05) is 14.2 Å². The third kappa shape index (κ3) is 7.66. The first-order chi connectivity index (χ1) is 28.5. The molecule has 0 aliphatic rings. The van der Waals surface area contributed by atoms with Gasteiger partial charge in [0.25, 0.3) is 0 Å². The van der Waals surface area contributed by atoms with E-state index in [4.69, 9.17) is 9.47 Å². The molecular formula is C56H38O2. The molecule has 0 amide bonds. The Morgan fingerprint density at radius 2 is 0.724 bits per heavy atom. The van der Waals surface area contributed by atoms with Crippen molar-refractivity contribution >= 4 is 21.5 Å². The number of methoxy groups -OCH3 is 2. The Labute approximate surface area is 341 Å². The Morgan fingerprint density at radius 3 is 1.14 bits per heavy atom. The number of ether oxygens (including phenoxy) is 2. The van der Waals surface area contributed by atoms with Gasteiger partial charge in [-0.15, -0.1) is 0 Å². The standard InChI is InChI=1S/C56H38O2/c1-39-29-33-41(34-30-39)17-5-7-19-43-21-9-13-25-47(43)51-37-45-23-11-15-27-49(45)53(55(51)57-3)54-50-28-16-12-24-46(50)38-52(56(54)58-4)48-26-14-10-22-44(48)20-8-6-18-42-35-31-40(2)32-36-42/h9-16,21-38H,1-4H3. The Hall–Kier alpha value is -7.88. The maximum atomic E-state index is 6.50. The van der Waals surface area contributed by atoms with Crippen LogP contribution in [0.3, 0.4) is 0 Å². The predicted octanol–water partition coefficient (Wildman–Crippen LogP) is 12.4. The van der Waals surface area contributed by atoms with Crippen LogP contribution in [0.4, 0.5) is 0 Å². The summed E-state index contributed by atoms with van der Waals surface area (Å²) >= 11 is 0. The fourth-order valence-electron chi connectivity index (χ4n) is 7.31. The third-order valence-corrected chi connectivity index (χ3v) is 10.1. The van der Waals surface area contributed by atoms with E-state index in [9.17, 15) is 0 Å². The molecule has 274 valence electrons. The molecule has 0 heterocycles. The summed E-state index contributed by atoms with van der Waals surface area (Å²) < 4.78 is 13.0. The summed E-state index contributed by atoms with van der Waals surface area (Å²) in [5, 5.41) is 4.20. The molecule has 0 aromatic heterocycles. The second-order valence-electron chi connectivity index (χ2n) is 13.9. The molecule has 0 bridgehead atoms. The molecule has 0 saturated heterocycles. The van der Waals surface area contributed by atoms with Crippen molar-refractivity contribution in [2.45, 2.75) is 13.8 Å². The van der Waals surface area contributed by atoms with E-state index < -0.39 is 0 Å². The van der Waals surface area contributed by atoms with E-state index in [-0.39, 0.29) is 0 Å². The Bertz CT molecular complexity index is 2890. The zero-order valence-electron chi connectivity index (χ0n) is 32.8. The summed E-state index contributed by atoms with van der Waals surface area (Å²) in [6, 6.07) is 53.8. The molecule has 8 rings (SSSR count). The molecule has 58 heavy (non-hydrogen) atoms. The number of fused-ring (bicyclic) bond motifs is 2. The Balaban J connectivity index is 1.34. The second-order valence-corrected chi connectivity index (χ2v) is 13.9. The largest absolute Gasteiger partial charge is 0.495 e. The van der Waals surface area contributed by atoms with Crippen molar-refractivity contribution < 1.29 is 9.47 Å². The minimum atomic E-state index is 0.721. The molecule has 0 unspecified atom stereocenters. The molecule has 0 N–H and O–H groups in total. The fraction of sp³-hybridized carbons (Fsp3) is 0.0714. The SMILES string of the molecule is COc1c(-c2ccccc2C#CC#Cc2ccc(C)cc2)cc2ccccc2c1-c1c(OC)c(-c2ccccc2C#CC#Cc2ccc(C)cc2)cc2ccccc12. The van der Waals surface area contributed by atoms with Crippen molar-refractivity contribution in [1.29, 1.82) is 0 Å². The zero-order valence-corrected chi connectivity index (χ0v) is 32.8. The number of hydrogen-bond acceptors (Lipinski definition) is 2. The van der Waals surface area contributed by atoms with Crippen LogP contribution in [0.25, 0.3) is 54.9 Å². The highest BCUT2D eigenvalue weighted by Gasteiger charge is 2.25. The third-order valence-electron chi connectivity index (χ3n) is 10.1. The molecule has 8 aromatic carbocycles. The van der Waals surface area contributed by atoms with Crippen LogP contribution in [-0.2, 0) is 0 Å². The van der Waals surface area contributed by atoms with E-state index in [0.717, 1.165) is 88.7 Å². The van der Waals surface area contributed by atoms with Gasteiger partial charge in [0.2, 0.25) is 0 Å². The first kappa shape index (κ1) is 37.1. The van der Waals surface area contributed by atoms with E-state index in [0.29, 0.717) is 0 Å². The minimum absolute atomic E-state index is 0.721. The van der Waals surface area contributed by atoms with Crippen LogP contribution in [0.1, 0.15) is 33.4 Å². The first-order valence-electron chi connectivity index (χ1n) is 19.1. The van der Waals surface area contributed by atoms with Gasteiger partial charge >= 0.3 is 0 Å². The topological polar surface area (TPSA) is 18.5 Å². The summed E-state index contributed by atoms with van der Waals surface area (Å²) in [5.74, 6) is 26.8. The highest BCUT2D eigenvalue weighted by molar-refractivity contribution is 6.14. The number of aryl methyl sites for hydroxylation is 2. The summed E-state index contributed by atoms with van der Waals surface area (Å²) in [6.45, 7) is 4.13. The lowest BCUT2D eigenvalue weighted by atomic mass is 9.85. The summed E-state index contributed by atoms with van der Waals surface area (Å²) in [7, 11) is 3.47. The summed E-state index contributed by atoms with van der Waals surface area (Å²) in [4.78, 5) is 0. The number of benzene rings is 8. The van der Waals surface area contributed by atoms with Crippen LogP contribution in [0.2, 0.25) is 0 Å². The molecular weight excluding hydrogens is 705 g/mol. The monoisotopic (exact) mass is 742 g/mol.